The molecule has 0 saturated carbocycles. The molecule has 0 spiro atoms. The van der Waals surface area contributed by atoms with Gasteiger partial charge in [-0.3, -0.25) is 9.59 Å². The SMILES string of the molecule is NC(=O)c1ccc(S(=O)(=O)N2CCN(C(=O)/C=C/c3ccc4c(c3)OCCCO4)CC2)cc1. The lowest BCUT2D eigenvalue weighted by atomic mass is 10.2. The smallest absolute Gasteiger partial charge is 0.248 e. The van der Waals surface area contributed by atoms with E-state index in [1.54, 1.807) is 11.0 Å². The van der Waals surface area contributed by atoms with Crippen molar-refractivity contribution >= 4 is 27.9 Å². The van der Waals surface area contributed by atoms with E-state index in [0.29, 0.717) is 24.7 Å². The van der Waals surface area contributed by atoms with Crippen LogP contribution >= 0.6 is 0 Å². The van der Waals surface area contributed by atoms with Gasteiger partial charge in [-0.25, -0.2) is 8.42 Å². The number of nitrogens with zero attached hydrogens (tertiary/aromatic N) is 2. The van der Waals surface area contributed by atoms with E-state index in [1.165, 1.54) is 34.6 Å². The Morgan fingerprint density at radius 1 is 0.909 bits per heavy atom. The third kappa shape index (κ3) is 5.18. The van der Waals surface area contributed by atoms with Gasteiger partial charge in [0.15, 0.2) is 11.5 Å². The van der Waals surface area contributed by atoms with Crippen LogP contribution in [0.5, 0.6) is 11.5 Å². The molecular formula is C23H25N3O6S. The summed E-state index contributed by atoms with van der Waals surface area (Å²) in [6, 6.07) is 11.0. The molecule has 2 aromatic carbocycles. The fourth-order valence-corrected chi connectivity index (χ4v) is 5.07. The number of benzene rings is 2. The van der Waals surface area contributed by atoms with Crippen LogP contribution in [0.4, 0.5) is 0 Å². The highest BCUT2D eigenvalue weighted by Gasteiger charge is 2.29. The zero-order valence-electron chi connectivity index (χ0n) is 18.0. The molecule has 2 aliphatic heterocycles. The van der Waals surface area contributed by atoms with Crippen LogP contribution in [-0.2, 0) is 14.8 Å². The summed E-state index contributed by atoms with van der Waals surface area (Å²) in [6.07, 6.45) is 4.00. The lowest BCUT2D eigenvalue weighted by Gasteiger charge is -2.33. The Morgan fingerprint density at radius 3 is 2.24 bits per heavy atom. The van der Waals surface area contributed by atoms with Gasteiger partial charge in [0.2, 0.25) is 21.8 Å². The quantitative estimate of drug-likeness (QED) is 0.660. The summed E-state index contributed by atoms with van der Waals surface area (Å²) in [5.74, 6) is 0.540. The second-order valence-electron chi connectivity index (χ2n) is 7.71. The van der Waals surface area contributed by atoms with Crippen LogP contribution in [0.25, 0.3) is 6.08 Å². The van der Waals surface area contributed by atoms with Crippen molar-refractivity contribution in [3.63, 3.8) is 0 Å². The maximum Gasteiger partial charge on any atom is 0.248 e. The fraction of sp³-hybridized carbons (Fsp3) is 0.304. The maximum atomic E-state index is 12.9. The molecule has 2 heterocycles. The minimum absolute atomic E-state index is 0.0848. The Kier molecular flexibility index (Phi) is 6.66. The topological polar surface area (TPSA) is 119 Å². The van der Waals surface area contributed by atoms with Gasteiger partial charge in [0.05, 0.1) is 18.1 Å². The summed E-state index contributed by atoms with van der Waals surface area (Å²) in [4.78, 5) is 25.5. The molecule has 33 heavy (non-hydrogen) atoms. The summed E-state index contributed by atoms with van der Waals surface area (Å²) in [5.41, 5.74) is 6.26. The number of carbonyl (C=O) groups excluding carboxylic acids is 2. The summed E-state index contributed by atoms with van der Waals surface area (Å²) >= 11 is 0. The Hall–Kier alpha value is -3.37. The highest BCUT2D eigenvalue weighted by Crippen LogP contribution is 2.30. The second-order valence-corrected chi connectivity index (χ2v) is 9.65. The van der Waals surface area contributed by atoms with Crippen LogP contribution in [0.1, 0.15) is 22.3 Å². The van der Waals surface area contributed by atoms with Crippen molar-refractivity contribution in [2.45, 2.75) is 11.3 Å². The molecule has 4 rings (SSSR count). The molecule has 0 unspecified atom stereocenters. The van der Waals surface area contributed by atoms with Crippen molar-refractivity contribution in [3.8, 4) is 11.5 Å². The molecule has 9 nitrogen and oxygen atoms in total. The van der Waals surface area contributed by atoms with E-state index in [-0.39, 0.29) is 42.5 Å². The van der Waals surface area contributed by atoms with E-state index in [2.05, 4.69) is 0 Å². The average molecular weight is 472 g/mol. The van der Waals surface area contributed by atoms with Crippen molar-refractivity contribution in [1.29, 1.82) is 0 Å². The highest BCUT2D eigenvalue weighted by molar-refractivity contribution is 7.89. The zero-order chi connectivity index (χ0) is 23.4. The average Bonchev–Trinajstić information content (AvgIpc) is 3.07. The molecule has 0 radical (unpaired) electrons. The first-order valence-corrected chi connectivity index (χ1v) is 12.1. The molecule has 2 amide bonds. The molecular weight excluding hydrogens is 446 g/mol. The standard InChI is InChI=1S/C23H25N3O6S/c24-23(28)18-4-6-19(7-5-18)33(29,30)26-12-10-25(11-13-26)22(27)9-3-17-2-8-20-21(16-17)32-15-1-14-31-20/h2-9,16H,1,10-15H2,(H2,24,28)/b9-3+. The molecule has 174 valence electrons. The van der Waals surface area contributed by atoms with E-state index in [9.17, 15) is 18.0 Å². The van der Waals surface area contributed by atoms with Crippen molar-refractivity contribution in [2.75, 3.05) is 39.4 Å². The van der Waals surface area contributed by atoms with Crippen molar-refractivity contribution in [3.05, 3.63) is 59.7 Å². The van der Waals surface area contributed by atoms with Gasteiger partial charge in [-0.15, -0.1) is 0 Å². The van der Waals surface area contributed by atoms with Crippen molar-refractivity contribution < 1.29 is 27.5 Å². The van der Waals surface area contributed by atoms with Gasteiger partial charge in [-0.05, 0) is 48.0 Å². The van der Waals surface area contributed by atoms with Crippen molar-refractivity contribution in [2.24, 2.45) is 5.73 Å². The summed E-state index contributed by atoms with van der Waals surface area (Å²) < 4.78 is 38.4. The van der Waals surface area contributed by atoms with Gasteiger partial charge in [0.25, 0.3) is 0 Å². The number of rotatable bonds is 5. The molecule has 1 saturated heterocycles. The Balaban J connectivity index is 1.36. The molecule has 0 aliphatic carbocycles. The minimum Gasteiger partial charge on any atom is -0.490 e. The number of fused-ring (bicyclic) bond motifs is 1. The van der Waals surface area contributed by atoms with Crippen LogP contribution < -0.4 is 15.2 Å². The normalized spacial score (nSPS) is 17.0. The zero-order valence-corrected chi connectivity index (χ0v) is 18.8. The second kappa shape index (κ2) is 9.63. The third-order valence-electron chi connectivity index (χ3n) is 5.52. The van der Waals surface area contributed by atoms with Gasteiger partial charge in [0, 0.05) is 44.2 Å². The van der Waals surface area contributed by atoms with Gasteiger partial charge in [-0.2, -0.15) is 4.31 Å². The van der Waals surface area contributed by atoms with Crippen LogP contribution in [-0.4, -0.2) is 68.8 Å². The van der Waals surface area contributed by atoms with E-state index in [1.807, 2.05) is 18.2 Å². The summed E-state index contributed by atoms with van der Waals surface area (Å²) in [6.45, 7) is 2.13. The monoisotopic (exact) mass is 471 g/mol. The third-order valence-corrected chi connectivity index (χ3v) is 7.43. The van der Waals surface area contributed by atoms with E-state index in [4.69, 9.17) is 15.2 Å². The minimum atomic E-state index is -3.72. The van der Waals surface area contributed by atoms with Crippen LogP contribution in [0.15, 0.2) is 53.4 Å². The molecule has 1 fully saturated rings. The number of piperazine rings is 1. The number of hydrogen-bond donors (Lipinski definition) is 1. The van der Waals surface area contributed by atoms with E-state index < -0.39 is 15.9 Å². The lowest BCUT2D eigenvalue weighted by Crippen LogP contribution is -2.50. The predicted octanol–water partition coefficient (Wildman–Crippen LogP) is 1.49. The van der Waals surface area contributed by atoms with E-state index >= 15 is 0 Å². The first-order chi connectivity index (χ1) is 15.8. The number of ether oxygens (including phenoxy) is 2. The number of hydrogen-bond acceptors (Lipinski definition) is 6. The predicted molar refractivity (Wildman–Crippen MR) is 121 cm³/mol. The Labute approximate surface area is 192 Å². The van der Waals surface area contributed by atoms with Gasteiger partial charge in [-0.1, -0.05) is 6.07 Å². The number of sulfonamides is 1. The molecule has 0 atom stereocenters. The van der Waals surface area contributed by atoms with Gasteiger partial charge in [0.1, 0.15) is 0 Å². The first-order valence-electron chi connectivity index (χ1n) is 10.6. The maximum absolute atomic E-state index is 12.9. The number of primary amides is 1. The summed E-state index contributed by atoms with van der Waals surface area (Å²) in [5, 5.41) is 0. The Bertz CT molecular complexity index is 1170. The number of amides is 2. The van der Waals surface area contributed by atoms with Gasteiger partial charge < -0.3 is 20.1 Å². The first kappa shape index (κ1) is 22.8. The van der Waals surface area contributed by atoms with Gasteiger partial charge >= 0.3 is 0 Å². The number of carbonyl (C=O) groups is 2. The van der Waals surface area contributed by atoms with Crippen LogP contribution in [0.2, 0.25) is 0 Å². The van der Waals surface area contributed by atoms with Crippen molar-refractivity contribution in [1.82, 2.24) is 9.21 Å². The van der Waals surface area contributed by atoms with E-state index in [0.717, 1.165) is 12.0 Å². The fourth-order valence-electron chi connectivity index (χ4n) is 3.65. The Morgan fingerprint density at radius 2 is 1.58 bits per heavy atom. The number of nitrogens with two attached hydrogens (primary N) is 1. The molecule has 10 heteroatoms. The molecule has 2 aromatic rings. The highest BCUT2D eigenvalue weighted by atomic mass is 32.2. The van der Waals surface area contributed by atoms with Crippen LogP contribution in [0, 0.1) is 0 Å². The van der Waals surface area contributed by atoms with Crippen LogP contribution in [0.3, 0.4) is 0 Å². The molecule has 0 aromatic heterocycles. The molecule has 2 N–H and O–H groups in total. The molecule has 2 aliphatic rings. The lowest BCUT2D eigenvalue weighted by molar-refractivity contribution is -0.127. The largest absolute Gasteiger partial charge is 0.490 e. The molecule has 0 bridgehead atoms. The summed E-state index contributed by atoms with van der Waals surface area (Å²) in [7, 11) is -3.72.